The van der Waals surface area contributed by atoms with Gasteiger partial charge >= 0.3 is 17.9 Å². The smallest absolute Gasteiger partial charge is 0.340 e. The minimum atomic E-state index is -1.51. The van der Waals surface area contributed by atoms with E-state index in [0.717, 1.165) is 0 Å². The SMILES string of the molecule is CC(C)(C)C(=O)Oc1ccc2c(c1)Oc1cc(OC(=O)C(C)(C)C)ccc1C21OC(=O)c2ccc(C(N)=O)cc21. The lowest BCUT2D eigenvalue weighted by molar-refractivity contribution is -0.143. The first-order valence-electron chi connectivity index (χ1n) is 12.7. The van der Waals surface area contributed by atoms with Gasteiger partial charge in [-0.1, -0.05) is 0 Å². The third-order valence-corrected chi connectivity index (χ3v) is 6.68. The topological polar surface area (TPSA) is 131 Å². The normalized spacial score (nSPS) is 14.8. The molecule has 0 saturated heterocycles. The van der Waals surface area contributed by atoms with Gasteiger partial charge in [-0.05, 0) is 84.0 Å². The molecule has 0 atom stereocenters. The molecule has 0 bridgehead atoms. The third kappa shape index (κ3) is 4.37. The van der Waals surface area contributed by atoms with Crippen LogP contribution in [0.1, 0.15) is 78.9 Å². The van der Waals surface area contributed by atoms with Crippen LogP contribution in [0.5, 0.6) is 23.0 Å². The lowest BCUT2D eigenvalue weighted by atomic mass is 9.77. The second kappa shape index (κ2) is 8.94. The van der Waals surface area contributed by atoms with Crippen LogP contribution in [0.15, 0.2) is 54.6 Å². The summed E-state index contributed by atoms with van der Waals surface area (Å²) in [4.78, 5) is 50.4. The van der Waals surface area contributed by atoms with Crippen molar-refractivity contribution >= 4 is 23.8 Å². The van der Waals surface area contributed by atoms with Crippen LogP contribution in [0.25, 0.3) is 0 Å². The molecule has 0 radical (unpaired) electrons. The van der Waals surface area contributed by atoms with Crippen molar-refractivity contribution in [3.05, 3.63) is 82.4 Å². The Balaban J connectivity index is 1.71. The Morgan fingerprint density at radius 1 is 0.725 bits per heavy atom. The molecule has 40 heavy (non-hydrogen) atoms. The Morgan fingerprint density at radius 3 is 1.68 bits per heavy atom. The summed E-state index contributed by atoms with van der Waals surface area (Å²) >= 11 is 0. The Hall–Kier alpha value is -4.66. The molecule has 9 nitrogen and oxygen atoms in total. The Morgan fingerprint density at radius 2 is 1.23 bits per heavy atom. The summed E-state index contributed by atoms with van der Waals surface area (Å²) < 4.78 is 23.5. The summed E-state index contributed by atoms with van der Waals surface area (Å²) in [6.45, 7) is 10.4. The number of rotatable bonds is 3. The molecule has 1 spiro atoms. The maximum Gasteiger partial charge on any atom is 0.340 e. The molecule has 1 amide bonds. The number of esters is 3. The minimum Gasteiger partial charge on any atom is -0.456 e. The van der Waals surface area contributed by atoms with Gasteiger partial charge in [-0.15, -0.1) is 0 Å². The van der Waals surface area contributed by atoms with Crippen molar-refractivity contribution in [2.75, 3.05) is 0 Å². The molecular weight excluding hydrogens is 514 g/mol. The zero-order valence-corrected chi connectivity index (χ0v) is 23.0. The third-order valence-electron chi connectivity index (χ3n) is 6.68. The number of amides is 1. The molecule has 3 aromatic rings. The lowest BCUT2D eigenvalue weighted by Gasteiger charge is -2.36. The van der Waals surface area contributed by atoms with E-state index in [4.69, 9.17) is 24.7 Å². The van der Waals surface area contributed by atoms with Crippen molar-refractivity contribution in [1.82, 2.24) is 0 Å². The number of ether oxygens (including phenoxy) is 4. The first-order chi connectivity index (χ1) is 18.6. The second-order valence-electron chi connectivity index (χ2n) is 11.9. The maximum atomic E-state index is 13.2. The molecule has 2 N–H and O–H groups in total. The Bertz CT molecular complexity index is 1530. The molecule has 2 heterocycles. The zero-order valence-electron chi connectivity index (χ0n) is 23.0. The van der Waals surface area contributed by atoms with Gasteiger partial charge in [0.1, 0.15) is 23.0 Å². The van der Waals surface area contributed by atoms with Crippen LogP contribution in [0.2, 0.25) is 0 Å². The predicted octanol–water partition coefficient (Wildman–Crippen LogP) is 5.26. The fourth-order valence-electron chi connectivity index (χ4n) is 4.48. The van der Waals surface area contributed by atoms with Crippen LogP contribution in [-0.2, 0) is 19.9 Å². The van der Waals surface area contributed by atoms with Crippen LogP contribution in [-0.4, -0.2) is 23.8 Å². The molecular formula is C31H29NO8. The number of primary amides is 1. The van der Waals surface area contributed by atoms with Gasteiger partial charge in [0.15, 0.2) is 5.60 Å². The highest BCUT2D eigenvalue weighted by Crippen LogP contribution is 2.57. The summed E-state index contributed by atoms with van der Waals surface area (Å²) in [6, 6.07) is 14.0. The molecule has 0 saturated carbocycles. The highest BCUT2D eigenvalue weighted by molar-refractivity contribution is 6.00. The van der Waals surface area contributed by atoms with Crippen molar-refractivity contribution in [3.8, 4) is 23.0 Å². The molecule has 0 fully saturated rings. The Kier molecular flexibility index (Phi) is 6.02. The van der Waals surface area contributed by atoms with Gasteiger partial charge < -0.3 is 24.7 Å². The summed E-state index contributed by atoms with van der Waals surface area (Å²) in [5, 5.41) is 0. The molecule has 206 valence electrons. The van der Waals surface area contributed by atoms with Crippen molar-refractivity contribution < 1.29 is 38.1 Å². The summed E-state index contributed by atoms with van der Waals surface area (Å²) in [5.74, 6) is -1.22. The van der Waals surface area contributed by atoms with Crippen LogP contribution < -0.4 is 19.9 Å². The van der Waals surface area contributed by atoms with E-state index in [9.17, 15) is 19.2 Å². The van der Waals surface area contributed by atoms with E-state index in [1.807, 2.05) is 0 Å². The summed E-state index contributed by atoms with van der Waals surface area (Å²) in [5.41, 5.74) is 4.30. The van der Waals surface area contributed by atoms with Gasteiger partial charge in [0.25, 0.3) is 0 Å². The predicted molar refractivity (Wildman–Crippen MR) is 143 cm³/mol. The minimum absolute atomic E-state index is 0.192. The number of benzene rings is 3. The molecule has 2 aliphatic heterocycles. The van der Waals surface area contributed by atoms with Crippen LogP contribution in [0.4, 0.5) is 0 Å². The number of carbonyl (C=O) groups is 4. The van der Waals surface area contributed by atoms with E-state index in [2.05, 4.69) is 0 Å². The van der Waals surface area contributed by atoms with Crippen molar-refractivity contribution in [1.29, 1.82) is 0 Å². The number of fused-ring (bicyclic) bond motifs is 6. The van der Waals surface area contributed by atoms with Gasteiger partial charge in [-0.2, -0.15) is 0 Å². The first-order valence-corrected chi connectivity index (χ1v) is 12.7. The molecule has 5 rings (SSSR count). The van der Waals surface area contributed by atoms with E-state index in [1.54, 1.807) is 65.8 Å². The highest BCUT2D eigenvalue weighted by atomic mass is 16.6. The zero-order chi connectivity index (χ0) is 29.2. The molecule has 0 unspecified atom stereocenters. The average Bonchev–Trinajstić information content (AvgIpc) is 3.14. The fourth-order valence-corrected chi connectivity index (χ4v) is 4.48. The second-order valence-corrected chi connectivity index (χ2v) is 11.9. The van der Waals surface area contributed by atoms with Crippen molar-refractivity contribution in [2.45, 2.75) is 47.1 Å². The van der Waals surface area contributed by atoms with E-state index in [1.165, 1.54) is 30.3 Å². The first kappa shape index (κ1) is 26.9. The number of carbonyl (C=O) groups excluding carboxylic acids is 4. The van der Waals surface area contributed by atoms with Gasteiger partial charge in [0, 0.05) is 34.4 Å². The largest absolute Gasteiger partial charge is 0.456 e. The fraction of sp³-hybridized carbons (Fsp3) is 0.290. The summed E-state index contributed by atoms with van der Waals surface area (Å²) in [6.07, 6.45) is 0. The highest BCUT2D eigenvalue weighted by Gasteiger charge is 2.54. The standard InChI is InChI=1S/C31H29NO8/c1-29(2,3)27(35)37-17-8-11-20-23(14-17)39-24-15-18(38-28(36)30(4,5)6)9-12-21(24)31(20)22-13-16(25(32)33)7-10-19(22)26(34)40-31/h7-15H,1-6H3,(H2,32,33). The monoisotopic (exact) mass is 543 g/mol. The van der Waals surface area contributed by atoms with Gasteiger partial charge in [-0.25, -0.2) is 4.79 Å². The maximum absolute atomic E-state index is 13.2. The van der Waals surface area contributed by atoms with Gasteiger partial charge in [-0.3, -0.25) is 14.4 Å². The molecule has 9 heteroatoms. The van der Waals surface area contributed by atoms with Crippen LogP contribution in [0, 0.1) is 10.8 Å². The quantitative estimate of drug-likeness (QED) is 0.350. The van der Waals surface area contributed by atoms with E-state index >= 15 is 0 Å². The van der Waals surface area contributed by atoms with Crippen LogP contribution in [0.3, 0.4) is 0 Å². The number of hydrogen-bond donors (Lipinski definition) is 1. The van der Waals surface area contributed by atoms with E-state index in [-0.39, 0.29) is 34.1 Å². The van der Waals surface area contributed by atoms with Crippen molar-refractivity contribution in [3.63, 3.8) is 0 Å². The van der Waals surface area contributed by atoms with Gasteiger partial charge in [0.2, 0.25) is 5.91 Å². The molecule has 2 aliphatic rings. The van der Waals surface area contributed by atoms with E-state index in [0.29, 0.717) is 16.7 Å². The molecule has 3 aromatic carbocycles. The lowest BCUT2D eigenvalue weighted by Crippen LogP contribution is -2.33. The number of nitrogens with two attached hydrogens (primary N) is 1. The summed E-state index contributed by atoms with van der Waals surface area (Å²) in [7, 11) is 0. The van der Waals surface area contributed by atoms with Gasteiger partial charge in [0.05, 0.1) is 16.4 Å². The number of hydrogen-bond acceptors (Lipinski definition) is 8. The average molecular weight is 544 g/mol. The molecule has 0 aliphatic carbocycles. The molecule has 0 aromatic heterocycles. The van der Waals surface area contributed by atoms with Crippen LogP contribution >= 0.6 is 0 Å². The van der Waals surface area contributed by atoms with Crippen molar-refractivity contribution in [2.24, 2.45) is 16.6 Å². The Labute approximate surface area is 231 Å². The van der Waals surface area contributed by atoms with E-state index < -0.39 is 40.2 Å².